The third-order valence-corrected chi connectivity index (χ3v) is 6.26. The number of amides is 1. The molecule has 0 bridgehead atoms. The van der Waals surface area contributed by atoms with Crippen LogP contribution in [0.25, 0.3) is 0 Å². The number of benzene rings is 2. The standard InChI is InChI=1S/C20H26N2O3S2/c1-14(2)12-18(16-8-6-5-7-9-16)22-27(24,25)17-10-11-20(26-4)19(13-17)21-15(3)23/h5-11,13-14,18,22H,12H2,1-4H3,(H,21,23). The number of thioether (sulfide) groups is 1. The van der Waals surface area contributed by atoms with E-state index in [1.54, 1.807) is 12.1 Å². The van der Waals surface area contributed by atoms with E-state index in [9.17, 15) is 13.2 Å². The Morgan fingerprint density at radius 3 is 2.33 bits per heavy atom. The molecular weight excluding hydrogens is 380 g/mol. The number of rotatable bonds is 8. The minimum Gasteiger partial charge on any atom is -0.325 e. The highest BCUT2D eigenvalue weighted by Crippen LogP contribution is 2.30. The van der Waals surface area contributed by atoms with Crippen molar-refractivity contribution in [3.05, 3.63) is 54.1 Å². The lowest BCUT2D eigenvalue weighted by Crippen LogP contribution is -2.29. The van der Waals surface area contributed by atoms with Gasteiger partial charge in [-0.15, -0.1) is 11.8 Å². The van der Waals surface area contributed by atoms with E-state index in [1.165, 1.54) is 24.8 Å². The van der Waals surface area contributed by atoms with Crippen LogP contribution in [0.1, 0.15) is 38.8 Å². The van der Waals surface area contributed by atoms with E-state index < -0.39 is 10.0 Å². The monoisotopic (exact) mass is 406 g/mol. The summed E-state index contributed by atoms with van der Waals surface area (Å²) >= 11 is 1.45. The molecule has 0 aromatic heterocycles. The Kier molecular flexibility index (Phi) is 7.47. The molecule has 2 N–H and O–H groups in total. The number of carbonyl (C=O) groups excluding carboxylic acids is 1. The molecule has 1 amide bonds. The van der Waals surface area contributed by atoms with E-state index >= 15 is 0 Å². The van der Waals surface area contributed by atoms with Crippen LogP contribution >= 0.6 is 11.8 Å². The zero-order valence-electron chi connectivity index (χ0n) is 16.0. The Labute approximate surface area is 166 Å². The van der Waals surface area contributed by atoms with Crippen LogP contribution in [-0.2, 0) is 14.8 Å². The molecule has 0 radical (unpaired) electrons. The summed E-state index contributed by atoms with van der Waals surface area (Å²) in [6.07, 6.45) is 2.56. The van der Waals surface area contributed by atoms with Gasteiger partial charge < -0.3 is 5.32 Å². The Hall–Kier alpha value is -1.83. The van der Waals surface area contributed by atoms with E-state index in [-0.39, 0.29) is 16.8 Å². The van der Waals surface area contributed by atoms with E-state index in [2.05, 4.69) is 23.9 Å². The van der Waals surface area contributed by atoms with Crippen molar-refractivity contribution in [2.45, 2.75) is 43.0 Å². The molecule has 5 nitrogen and oxygen atoms in total. The predicted molar refractivity (Wildman–Crippen MR) is 111 cm³/mol. The fourth-order valence-corrected chi connectivity index (χ4v) is 4.60. The van der Waals surface area contributed by atoms with Gasteiger partial charge in [0.05, 0.1) is 10.6 Å². The van der Waals surface area contributed by atoms with Crippen molar-refractivity contribution in [1.29, 1.82) is 0 Å². The number of nitrogens with one attached hydrogen (secondary N) is 2. The lowest BCUT2D eigenvalue weighted by atomic mass is 9.98. The molecule has 0 aliphatic carbocycles. The third-order valence-electron chi connectivity index (χ3n) is 4.00. The Balaban J connectivity index is 2.37. The fraction of sp³-hybridized carbons (Fsp3) is 0.350. The first-order valence-electron chi connectivity index (χ1n) is 8.76. The summed E-state index contributed by atoms with van der Waals surface area (Å²) < 4.78 is 28.8. The molecule has 0 spiro atoms. The second-order valence-corrected chi connectivity index (χ2v) is 9.32. The molecule has 1 atom stereocenters. The smallest absolute Gasteiger partial charge is 0.241 e. The van der Waals surface area contributed by atoms with Gasteiger partial charge in [-0.25, -0.2) is 13.1 Å². The summed E-state index contributed by atoms with van der Waals surface area (Å²) in [5, 5.41) is 2.70. The number of hydrogen-bond acceptors (Lipinski definition) is 4. The van der Waals surface area contributed by atoms with Crippen molar-refractivity contribution in [3.8, 4) is 0 Å². The maximum absolute atomic E-state index is 13.0. The molecule has 146 valence electrons. The first-order valence-corrected chi connectivity index (χ1v) is 11.5. The highest BCUT2D eigenvalue weighted by molar-refractivity contribution is 7.98. The second kappa shape index (κ2) is 9.39. The van der Waals surface area contributed by atoms with Crippen LogP contribution in [0, 0.1) is 5.92 Å². The van der Waals surface area contributed by atoms with Gasteiger partial charge in [-0.05, 0) is 42.4 Å². The molecule has 2 aromatic rings. The molecule has 27 heavy (non-hydrogen) atoms. The number of carbonyl (C=O) groups is 1. The van der Waals surface area contributed by atoms with E-state index in [0.29, 0.717) is 18.0 Å². The number of sulfonamides is 1. The molecule has 1 unspecified atom stereocenters. The molecule has 2 aromatic carbocycles. The summed E-state index contributed by atoms with van der Waals surface area (Å²) in [5.41, 5.74) is 1.43. The molecule has 0 fully saturated rings. The molecular formula is C20H26N2O3S2. The van der Waals surface area contributed by atoms with Gasteiger partial charge in [-0.3, -0.25) is 4.79 Å². The van der Waals surface area contributed by atoms with Crippen LogP contribution in [0.4, 0.5) is 5.69 Å². The average Bonchev–Trinajstić information content (AvgIpc) is 2.60. The lowest BCUT2D eigenvalue weighted by molar-refractivity contribution is -0.114. The maximum Gasteiger partial charge on any atom is 0.241 e. The van der Waals surface area contributed by atoms with Gasteiger partial charge in [0.1, 0.15) is 0 Å². The third kappa shape index (κ3) is 6.09. The first-order chi connectivity index (χ1) is 12.7. The second-order valence-electron chi connectivity index (χ2n) is 6.76. The molecule has 0 heterocycles. The maximum atomic E-state index is 13.0. The van der Waals surface area contributed by atoms with Crippen LogP contribution < -0.4 is 10.0 Å². The van der Waals surface area contributed by atoms with Gasteiger partial charge in [0, 0.05) is 17.9 Å². The zero-order valence-corrected chi connectivity index (χ0v) is 17.7. The Morgan fingerprint density at radius 2 is 1.78 bits per heavy atom. The van der Waals surface area contributed by atoms with Crippen LogP contribution in [-0.4, -0.2) is 20.6 Å². The molecule has 0 aliphatic heterocycles. The largest absolute Gasteiger partial charge is 0.325 e. The minimum absolute atomic E-state index is 0.133. The SMILES string of the molecule is CSc1ccc(S(=O)(=O)NC(CC(C)C)c2ccccc2)cc1NC(C)=O. The fourth-order valence-electron chi connectivity index (χ4n) is 2.81. The number of hydrogen-bond donors (Lipinski definition) is 2. The zero-order chi connectivity index (χ0) is 20.0. The Bertz CT molecular complexity index is 881. The molecule has 7 heteroatoms. The highest BCUT2D eigenvalue weighted by Gasteiger charge is 2.23. The van der Waals surface area contributed by atoms with Gasteiger partial charge in [-0.2, -0.15) is 0 Å². The summed E-state index contributed by atoms with van der Waals surface area (Å²) in [4.78, 5) is 12.4. The molecule has 0 saturated heterocycles. The van der Waals surface area contributed by atoms with Gasteiger partial charge in [-0.1, -0.05) is 44.2 Å². The highest BCUT2D eigenvalue weighted by atomic mass is 32.2. The van der Waals surface area contributed by atoms with Gasteiger partial charge in [0.25, 0.3) is 0 Å². The summed E-state index contributed by atoms with van der Waals surface area (Å²) in [7, 11) is -3.75. The van der Waals surface area contributed by atoms with Gasteiger partial charge in [0.2, 0.25) is 15.9 Å². The first kappa shape index (κ1) is 21.5. The Morgan fingerprint density at radius 1 is 1.11 bits per heavy atom. The van der Waals surface area contributed by atoms with E-state index in [0.717, 1.165) is 10.5 Å². The summed E-state index contributed by atoms with van der Waals surface area (Å²) in [6.45, 7) is 5.52. The van der Waals surface area contributed by atoms with Crippen LogP contribution in [0.3, 0.4) is 0 Å². The van der Waals surface area contributed by atoms with Gasteiger partial charge in [0.15, 0.2) is 0 Å². The minimum atomic E-state index is -3.75. The van der Waals surface area contributed by atoms with E-state index in [1.807, 2.05) is 36.6 Å². The van der Waals surface area contributed by atoms with E-state index in [4.69, 9.17) is 0 Å². The quantitative estimate of drug-likeness (QED) is 0.636. The molecule has 2 rings (SSSR count). The van der Waals surface area contributed by atoms with Crippen molar-refractivity contribution in [2.24, 2.45) is 5.92 Å². The van der Waals surface area contributed by atoms with Crippen molar-refractivity contribution < 1.29 is 13.2 Å². The van der Waals surface area contributed by atoms with Crippen LogP contribution in [0.2, 0.25) is 0 Å². The lowest BCUT2D eigenvalue weighted by Gasteiger charge is -2.21. The van der Waals surface area contributed by atoms with Gasteiger partial charge >= 0.3 is 0 Å². The summed E-state index contributed by atoms with van der Waals surface area (Å²) in [6, 6.07) is 14.0. The molecule has 0 saturated carbocycles. The van der Waals surface area contributed by atoms with Crippen molar-refractivity contribution in [2.75, 3.05) is 11.6 Å². The average molecular weight is 407 g/mol. The number of anilines is 1. The van der Waals surface area contributed by atoms with Crippen molar-refractivity contribution >= 4 is 33.4 Å². The van der Waals surface area contributed by atoms with Crippen LogP contribution in [0.5, 0.6) is 0 Å². The van der Waals surface area contributed by atoms with Crippen molar-refractivity contribution in [1.82, 2.24) is 4.72 Å². The normalized spacial score (nSPS) is 12.8. The predicted octanol–water partition coefficient (Wildman–Crippen LogP) is 4.43. The summed E-state index contributed by atoms with van der Waals surface area (Å²) in [5.74, 6) is 0.0847. The van der Waals surface area contributed by atoms with Crippen LogP contribution in [0.15, 0.2) is 58.3 Å². The topological polar surface area (TPSA) is 75.3 Å². The molecule has 0 aliphatic rings. The van der Waals surface area contributed by atoms with Crippen molar-refractivity contribution in [3.63, 3.8) is 0 Å².